The van der Waals surface area contributed by atoms with Crippen molar-refractivity contribution in [3.63, 3.8) is 0 Å². The standard InChI is InChI=1S/C27H36N2O4/c1-2-3-6-9-20-11-13-21(14-12-20)15-16-26(30)33-17-8-5-4-7-10-23-24(27(31)32)18-22(28)19-25(23)29/h11-16,18-19H,2-10,17,28-29H2,1H3,(H,31,32). The summed E-state index contributed by atoms with van der Waals surface area (Å²) in [5.74, 6) is -1.37. The van der Waals surface area contributed by atoms with Gasteiger partial charge in [-0.2, -0.15) is 0 Å². The second-order valence-corrected chi connectivity index (χ2v) is 8.31. The Morgan fingerprint density at radius 2 is 1.64 bits per heavy atom. The highest BCUT2D eigenvalue weighted by molar-refractivity contribution is 5.92. The molecule has 0 fully saturated rings. The maximum Gasteiger partial charge on any atom is 0.336 e. The average Bonchev–Trinajstić information content (AvgIpc) is 2.78. The van der Waals surface area contributed by atoms with Crippen LogP contribution in [0, 0.1) is 0 Å². The average molecular weight is 453 g/mol. The molecule has 2 aromatic rings. The minimum Gasteiger partial charge on any atom is -0.478 e. The summed E-state index contributed by atoms with van der Waals surface area (Å²) in [6.07, 6.45) is 11.9. The molecule has 2 rings (SSSR count). The first-order valence-electron chi connectivity index (χ1n) is 11.8. The quantitative estimate of drug-likeness (QED) is 0.148. The lowest BCUT2D eigenvalue weighted by atomic mass is 9.98. The molecule has 0 aliphatic heterocycles. The van der Waals surface area contributed by atoms with Crippen molar-refractivity contribution in [2.75, 3.05) is 18.1 Å². The molecular weight excluding hydrogens is 416 g/mol. The zero-order valence-corrected chi connectivity index (χ0v) is 19.5. The minimum absolute atomic E-state index is 0.166. The van der Waals surface area contributed by atoms with Crippen molar-refractivity contribution >= 4 is 29.4 Å². The van der Waals surface area contributed by atoms with Gasteiger partial charge in [0.2, 0.25) is 0 Å². The van der Waals surface area contributed by atoms with E-state index in [0.29, 0.717) is 30.0 Å². The smallest absolute Gasteiger partial charge is 0.336 e. The number of nitrogens with two attached hydrogens (primary N) is 2. The van der Waals surface area contributed by atoms with Gasteiger partial charge < -0.3 is 21.3 Å². The van der Waals surface area contributed by atoms with Gasteiger partial charge in [0.15, 0.2) is 0 Å². The molecule has 0 amide bonds. The lowest BCUT2D eigenvalue weighted by Gasteiger charge is -2.11. The van der Waals surface area contributed by atoms with Crippen LogP contribution in [-0.4, -0.2) is 23.7 Å². The molecule has 0 saturated heterocycles. The van der Waals surface area contributed by atoms with E-state index in [4.69, 9.17) is 16.2 Å². The Morgan fingerprint density at radius 3 is 2.33 bits per heavy atom. The Bertz CT molecular complexity index is 936. The summed E-state index contributed by atoms with van der Waals surface area (Å²) in [6.45, 7) is 2.56. The van der Waals surface area contributed by atoms with Crippen molar-refractivity contribution in [1.29, 1.82) is 0 Å². The van der Waals surface area contributed by atoms with Crippen molar-refractivity contribution in [3.8, 4) is 0 Å². The van der Waals surface area contributed by atoms with Gasteiger partial charge in [0, 0.05) is 17.5 Å². The second kappa shape index (κ2) is 14.0. The van der Waals surface area contributed by atoms with Gasteiger partial charge in [-0.1, -0.05) is 56.9 Å². The number of hydrogen-bond acceptors (Lipinski definition) is 5. The number of esters is 1. The van der Waals surface area contributed by atoms with Crippen LogP contribution in [0.2, 0.25) is 0 Å². The van der Waals surface area contributed by atoms with E-state index in [9.17, 15) is 14.7 Å². The summed E-state index contributed by atoms with van der Waals surface area (Å²) in [6, 6.07) is 11.3. The number of carboxylic acids is 1. The molecular formula is C27H36N2O4. The predicted molar refractivity (Wildman–Crippen MR) is 134 cm³/mol. The van der Waals surface area contributed by atoms with E-state index < -0.39 is 5.97 Å². The van der Waals surface area contributed by atoms with E-state index in [1.807, 2.05) is 12.1 Å². The number of carbonyl (C=O) groups is 2. The summed E-state index contributed by atoms with van der Waals surface area (Å²) < 4.78 is 5.26. The van der Waals surface area contributed by atoms with Crippen LogP contribution in [-0.2, 0) is 22.4 Å². The SMILES string of the molecule is CCCCCc1ccc(C=CC(=O)OCCCCCCc2c(N)cc(N)cc2C(=O)O)cc1. The Labute approximate surface area is 196 Å². The number of carboxylic acid groups (broad SMARTS) is 1. The normalized spacial score (nSPS) is 11.1. The topological polar surface area (TPSA) is 116 Å². The van der Waals surface area contributed by atoms with Gasteiger partial charge in [-0.25, -0.2) is 9.59 Å². The van der Waals surface area contributed by atoms with Crippen LogP contribution < -0.4 is 11.5 Å². The number of hydrogen-bond donors (Lipinski definition) is 3. The van der Waals surface area contributed by atoms with Gasteiger partial charge in [-0.15, -0.1) is 0 Å². The van der Waals surface area contributed by atoms with Gasteiger partial charge in [-0.3, -0.25) is 0 Å². The molecule has 0 bridgehead atoms. The Morgan fingerprint density at radius 1 is 0.939 bits per heavy atom. The summed E-state index contributed by atoms with van der Waals surface area (Å²) in [4.78, 5) is 23.3. The summed E-state index contributed by atoms with van der Waals surface area (Å²) in [5, 5.41) is 9.34. The van der Waals surface area contributed by atoms with Crippen LogP contribution in [0.4, 0.5) is 11.4 Å². The summed E-state index contributed by atoms with van der Waals surface area (Å²) in [5.41, 5.74) is 15.5. The number of aryl methyl sites for hydroxylation is 1. The maximum absolute atomic E-state index is 11.9. The molecule has 6 nitrogen and oxygen atoms in total. The Balaban J connectivity index is 1.63. The first kappa shape index (κ1) is 26.0. The third-order valence-electron chi connectivity index (χ3n) is 5.56. The molecule has 0 spiro atoms. The molecule has 6 heteroatoms. The van der Waals surface area contributed by atoms with Gasteiger partial charge in [0.1, 0.15) is 0 Å². The third kappa shape index (κ3) is 9.39. The van der Waals surface area contributed by atoms with Crippen LogP contribution in [0.5, 0.6) is 0 Å². The number of aromatic carboxylic acids is 1. The van der Waals surface area contributed by atoms with Crippen LogP contribution in [0.15, 0.2) is 42.5 Å². The van der Waals surface area contributed by atoms with Crippen LogP contribution in [0.25, 0.3) is 6.08 Å². The minimum atomic E-state index is -1.02. The fraction of sp³-hybridized carbons (Fsp3) is 0.407. The van der Waals surface area contributed by atoms with E-state index in [2.05, 4.69) is 19.1 Å². The lowest BCUT2D eigenvalue weighted by molar-refractivity contribution is -0.137. The Kier molecular flexibility index (Phi) is 11.0. The van der Waals surface area contributed by atoms with Crippen LogP contribution in [0.3, 0.4) is 0 Å². The first-order valence-corrected chi connectivity index (χ1v) is 11.8. The monoisotopic (exact) mass is 452 g/mol. The van der Waals surface area contributed by atoms with E-state index in [0.717, 1.165) is 37.7 Å². The van der Waals surface area contributed by atoms with Crippen molar-refractivity contribution in [2.45, 2.75) is 64.7 Å². The number of ether oxygens (including phenoxy) is 1. The van der Waals surface area contributed by atoms with E-state index in [-0.39, 0.29) is 11.5 Å². The fourth-order valence-corrected chi connectivity index (χ4v) is 3.70. The van der Waals surface area contributed by atoms with Crippen molar-refractivity contribution < 1.29 is 19.4 Å². The van der Waals surface area contributed by atoms with Crippen LogP contribution in [0.1, 0.15) is 78.9 Å². The van der Waals surface area contributed by atoms with E-state index >= 15 is 0 Å². The maximum atomic E-state index is 11.9. The van der Waals surface area contributed by atoms with E-state index in [1.165, 1.54) is 37.0 Å². The molecule has 178 valence electrons. The molecule has 0 heterocycles. The number of anilines is 2. The molecule has 33 heavy (non-hydrogen) atoms. The molecule has 2 aromatic carbocycles. The summed E-state index contributed by atoms with van der Waals surface area (Å²) in [7, 11) is 0. The van der Waals surface area contributed by atoms with Gasteiger partial charge >= 0.3 is 11.9 Å². The van der Waals surface area contributed by atoms with E-state index in [1.54, 1.807) is 12.1 Å². The molecule has 0 saturated carbocycles. The van der Waals surface area contributed by atoms with Gasteiger partial charge in [-0.05, 0) is 67.0 Å². The molecule has 0 aliphatic carbocycles. The van der Waals surface area contributed by atoms with Gasteiger partial charge in [0.25, 0.3) is 0 Å². The molecule has 0 aliphatic rings. The zero-order valence-electron chi connectivity index (χ0n) is 19.5. The lowest BCUT2D eigenvalue weighted by Crippen LogP contribution is -2.08. The highest BCUT2D eigenvalue weighted by Crippen LogP contribution is 2.24. The fourth-order valence-electron chi connectivity index (χ4n) is 3.70. The number of carbonyl (C=O) groups excluding carboxylic acids is 1. The van der Waals surface area contributed by atoms with Crippen molar-refractivity contribution in [3.05, 3.63) is 64.7 Å². The Hall–Kier alpha value is -3.28. The van der Waals surface area contributed by atoms with Gasteiger partial charge in [0.05, 0.1) is 12.2 Å². The first-order chi connectivity index (χ1) is 15.9. The highest BCUT2D eigenvalue weighted by Gasteiger charge is 2.13. The number of unbranched alkanes of at least 4 members (excludes halogenated alkanes) is 5. The third-order valence-corrected chi connectivity index (χ3v) is 5.56. The largest absolute Gasteiger partial charge is 0.478 e. The van der Waals surface area contributed by atoms with Crippen molar-refractivity contribution in [1.82, 2.24) is 0 Å². The highest BCUT2D eigenvalue weighted by atomic mass is 16.5. The number of benzene rings is 2. The molecule has 5 N–H and O–H groups in total. The molecule has 0 unspecified atom stereocenters. The second-order valence-electron chi connectivity index (χ2n) is 8.31. The number of nitrogen functional groups attached to an aromatic ring is 2. The number of rotatable bonds is 14. The molecule has 0 atom stereocenters. The predicted octanol–water partition coefficient (Wildman–Crippen LogP) is 5.64. The van der Waals surface area contributed by atoms with Crippen molar-refractivity contribution in [2.24, 2.45) is 0 Å². The van der Waals surface area contributed by atoms with Crippen LogP contribution >= 0.6 is 0 Å². The summed E-state index contributed by atoms with van der Waals surface area (Å²) >= 11 is 0. The molecule has 0 aromatic heterocycles. The molecule has 0 radical (unpaired) electrons. The zero-order chi connectivity index (χ0) is 24.1.